The van der Waals surface area contributed by atoms with E-state index >= 15 is 0 Å². The largest absolute Gasteiger partial charge is 0.507 e. The maximum Gasteiger partial charge on any atom is 0.144 e. The molecule has 6 rings (SSSR count). The van der Waals surface area contributed by atoms with E-state index in [1.807, 2.05) is 54.3 Å². The summed E-state index contributed by atoms with van der Waals surface area (Å²) in [6, 6.07) is 29.2. The van der Waals surface area contributed by atoms with Crippen molar-refractivity contribution in [2.24, 2.45) is 7.05 Å². The lowest BCUT2D eigenvalue weighted by atomic mass is 9.85. The molecule has 0 saturated heterocycles. The van der Waals surface area contributed by atoms with E-state index in [0.29, 0.717) is 11.4 Å². The number of aromatic hydroxyl groups is 1. The number of phenolic OH excluding ortho intramolecular Hbond substituents is 1. The van der Waals surface area contributed by atoms with E-state index in [1.165, 1.54) is 5.19 Å². The molecule has 0 aliphatic rings. The zero-order chi connectivity index (χ0) is 30.5. The van der Waals surface area contributed by atoms with Crippen LogP contribution in [0.2, 0.25) is 19.6 Å². The maximum absolute atomic E-state index is 11.3. The Bertz CT molecular complexity index is 1950. The molecule has 0 spiro atoms. The minimum Gasteiger partial charge on any atom is -0.507 e. The number of imidazole rings is 1. The van der Waals surface area contributed by atoms with Gasteiger partial charge in [-0.05, 0) is 63.7 Å². The van der Waals surface area contributed by atoms with Crippen molar-refractivity contribution in [2.45, 2.75) is 45.8 Å². The fraction of sp³-hybridized carbons (Fsp3) is 0.216. The second-order valence-corrected chi connectivity index (χ2v) is 18.4. The van der Waals surface area contributed by atoms with Crippen LogP contribution in [-0.4, -0.2) is 32.7 Å². The molecule has 3 heterocycles. The van der Waals surface area contributed by atoms with Crippen molar-refractivity contribution in [3.05, 3.63) is 103 Å². The van der Waals surface area contributed by atoms with Crippen molar-refractivity contribution < 1.29 is 5.11 Å². The Kier molecular flexibility index (Phi) is 7.05. The minimum absolute atomic E-state index is 0.201. The van der Waals surface area contributed by atoms with Gasteiger partial charge < -0.3 is 9.67 Å². The van der Waals surface area contributed by atoms with Gasteiger partial charge >= 0.3 is 0 Å². The van der Waals surface area contributed by atoms with E-state index in [4.69, 9.17) is 15.0 Å². The van der Waals surface area contributed by atoms with Crippen LogP contribution in [0.25, 0.3) is 56.1 Å². The number of aromatic nitrogens is 4. The number of pyridine rings is 2. The van der Waals surface area contributed by atoms with Gasteiger partial charge in [0.2, 0.25) is 0 Å². The monoisotopic (exact) mass is 582 g/mol. The third kappa shape index (κ3) is 5.39. The summed E-state index contributed by atoms with van der Waals surface area (Å²) in [5, 5.41) is 12.7. The molecule has 6 heteroatoms. The van der Waals surface area contributed by atoms with Gasteiger partial charge in [0.05, 0.1) is 30.5 Å². The van der Waals surface area contributed by atoms with Crippen LogP contribution in [-0.2, 0) is 12.5 Å². The summed E-state index contributed by atoms with van der Waals surface area (Å²) >= 11 is 0. The molecule has 0 aliphatic heterocycles. The predicted molar refractivity (Wildman–Crippen MR) is 181 cm³/mol. The summed E-state index contributed by atoms with van der Waals surface area (Å²) < 4.78 is 2.04. The van der Waals surface area contributed by atoms with Crippen molar-refractivity contribution >= 4 is 24.3 Å². The Morgan fingerprint density at radius 2 is 1.47 bits per heavy atom. The van der Waals surface area contributed by atoms with Crippen LogP contribution in [0, 0.1) is 0 Å². The van der Waals surface area contributed by atoms with Gasteiger partial charge in [-0.1, -0.05) is 88.9 Å². The Morgan fingerprint density at radius 1 is 0.744 bits per heavy atom. The van der Waals surface area contributed by atoms with Gasteiger partial charge in [0.1, 0.15) is 17.1 Å². The molecule has 0 unspecified atom stereocenters. The molecule has 43 heavy (non-hydrogen) atoms. The molecule has 0 bridgehead atoms. The Labute approximate surface area is 255 Å². The molecule has 0 amide bonds. The molecule has 0 aliphatic carbocycles. The first kappa shape index (κ1) is 28.6. The number of fused-ring (bicyclic) bond motifs is 1. The Hall–Kier alpha value is -4.55. The standard InChI is InChI=1S/C37H38N4OSi/c1-37(2,3)30-15-11-14-29(35(30)42)36-40-34-32(41(36)4)18-19-38-33(34)27-21-25(24-12-9-8-10-13-24)20-26(22-27)31-17-16-28(23-39-31)43(5,6)7/h8-23,42H,1-7H3. The lowest BCUT2D eigenvalue weighted by Crippen LogP contribution is -2.37. The Balaban J connectivity index is 1.55. The molecule has 1 N–H and O–H groups in total. The van der Waals surface area contributed by atoms with Crippen LogP contribution < -0.4 is 5.19 Å². The van der Waals surface area contributed by atoms with Gasteiger partial charge in [-0.3, -0.25) is 9.97 Å². The maximum atomic E-state index is 11.3. The number of para-hydroxylation sites is 1. The highest BCUT2D eigenvalue weighted by Gasteiger charge is 2.24. The SMILES string of the molecule is Cn1c(-c2cccc(C(C)(C)C)c2O)nc2c(-c3cc(-c4ccccc4)cc(-c4ccc([Si](C)(C)C)cn4)c3)nccc21. The van der Waals surface area contributed by atoms with E-state index in [2.05, 4.69) is 95.0 Å². The first-order valence-corrected chi connectivity index (χ1v) is 18.2. The molecular formula is C37H38N4OSi. The van der Waals surface area contributed by atoms with Crippen molar-refractivity contribution in [3.8, 4) is 50.8 Å². The van der Waals surface area contributed by atoms with Gasteiger partial charge in [-0.25, -0.2) is 4.98 Å². The number of benzene rings is 3. The van der Waals surface area contributed by atoms with E-state index < -0.39 is 8.07 Å². The van der Waals surface area contributed by atoms with Crippen LogP contribution >= 0.6 is 0 Å². The fourth-order valence-corrected chi connectivity index (χ4v) is 6.65. The van der Waals surface area contributed by atoms with E-state index in [0.717, 1.165) is 50.2 Å². The highest BCUT2D eigenvalue weighted by molar-refractivity contribution is 6.88. The number of hydrogen-bond acceptors (Lipinski definition) is 4. The summed E-state index contributed by atoms with van der Waals surface area (Å²) in [6.45, 7) is 13.3. The lowest BCUT2D eigenvalue weighted by Gasteiger charge is -2.21. The molecule has 0 radical (unpaired) electrons. The number of hydrogen-bond donors (Lipinski definition) is 1. The predicted octanol–water partition coefficient (Wildman–Crippen LogP) is 8.58. The zero-order valence-corrected chi connectivity index (χ0v) is 27.0. The number of aryl methyl sites for hydroxylation is 1. The van der Waals surface area contributed by atoms with Crippen LogP contribution in [0.4, 0.5) is 0 Å². The van der Waals surface area contributed by atoms with Crippen LogP contribution in [0.15, 0.2) is 97.3 Å². The van der Waals surface area contributed by atoms with E-state index in [-0.39, 0.29) is 11.2 Å². The van der Waals surface area contributed by atoms with Gasteiger partial charge in [0.25, 0.3) is 0 Å². The second kappa shape index (κ2) is 10.6. The molecule has 5 nitrogen and oxygen atoms in total. The average molecular weight is 583 g/mol. The molecule has 0 saturated carbocycles. The van der Waals surface area contributed by atoms with Crippen LogP contribution in [0.1, 0.15) is 26.3 Å². The zero-order valence-electron chi connectivity index (χ0n) is 26.0. The smallest absolute Gasteiger partial charge is 0.144 e. The van der Waals surface area contributed by atoms with Gasteiger partial charge in [-0.2, -0.15) is 0 Å². The molecule has 6 aromatic rings. The van der Waals surface area contributed by atoms with Crippen molar-refractivity contribution in [1.29, 1.82) is 0 Å². The molecule has 3 aromatic carbocycles. The minimum atomic E-state index is -1.47. The first-order chi connectivity index (χ1) is 20.4. The first-order valence-electron chi connectivity index (χ1n) is 14.7. The van der Waals surface area contributed by atoms with E-state index in [1.54, 1.807) is 0 Å². The highest BCUT2D eigenvalue weighted by Crippen LogP contribution is 2.40. The van der Waals surface area contributed by atoms with Crippen molar-refractivity contribution in [3.63, 3.8) is 0 Å². The van der Waals surface area contributed by atoms with E-state index in [9.17, 15) is 5.11 Å². The molecule has 3 aromatic heterocycles. The third-order valence-corrected chi connectivity index (χ3v) is 10.2. The number of rotatable bonds is 5. The van der Waals surface area contributed by atoms with Crippen molar-refractivity contribution in [2.75, 3.05) is 0 Å². The number of nitrogens with zero attached hydrogens (tertiary/aromatic N) is 4. The summed E-state index contributed by atoms with van der Waals surface area (Å²) in [6.07, 6.45) is 3.88. The summed E-state index contributed by atoms with van der Waals surface area (Å²) in [5.41, 5.74) is 9.08. The normalized spacial score (nSPS) is 12.2. The highest BCUT2D eigenvalue weighted by atomic mass is 28.3. The van der Waals surface area contributed by atoms with Gasteiger partial charge in [-0.15, -0.1) is 0 Å². The molecule has 216 valence electrons. The molecule has 0 atom stereocenters. The fourth-order valence-electron chi connectivity index (χ4n) is 5.62. The summed E-state index contributed by atoms with van der Waals surface area (Å²) in [4.78, 5) is 14.9. The average Bonchev–Trinajstić information content (AvgIpc) is 3.32. The number of phenols is 1. The van der Waals surface area contributed by atoms with Gasteiger partial charge in [0.15, 0.2) is 0 Å². The quantitative estimate of drug-likeness (QED) is 0.207. The van der Waals surface area contributed by atoms with Crippen LogP contribution in [0.3, 0.4) is 0 Å². The van der Waals surface area contributed by atoms with Gasteiger partial charge in [0, 0.05) is 30.6 Å². The van der Waals surface area contributed by atoms with Crippen molar-refractivity contribution in [1.82, 2.24) is 19.5 Å². The summed E-state index contributed by atoms with van der Waals surface area (Å²) in [7, 11) is 0.528. The molecular weight excluding hydrogens is 545 g/mol. The Morgan fingerprint density at radius 3 is 2.14 bits per heavy atom. The van der Waals surface area contributed by atoms with Crippen LogP contribution in [0.5, 0.6) is 5.75 Å². The molecule has 0 fully saturated rings. The lowest BCUT2D eigenvalue weighted by molar-refractivity contribution is 0.448. The third-order valence-electron chi connectivity index (χ3n) is 8.12. The summed E-state index contributed by atoms with van der Waals surface area (Å²) in [5.74, 6) is 0.972. The topological polar surface area (TPSA) is 63.8 Å². The second-order valence-electron chi connectivity index (χ2n) is 13.3.